The molecule has 2 amide bonds. The van der Waals surface area contributed by atoms with Gasteiger partial charge in [-0.15, -0.1) is 0 Å². The Morgan fingerprint density at radius 2 is 1.50 bits per heavy atom. The molecule has 216 valence electrons. The molecule has 11 heteroatoms. The van der Waals surface area contributed by atoms with Gasteiger partial charge in [-0.25, -0.2) is 13.8 Å². The first-order valence-corrected chi connectivity index (χ1v) is 14.7. The van der Waals surface area contributed by atoms with Crippen LogP contribution in [0.2, 0.25) is 0 Å². The predicted molar refractivity (Wildman–Crippen MR) is 163 cm³/mol. The lowest BCUT2D eigenvalue weighted by Gasteiger charge is -2.22. The van der Waals surface area contributed by atoms with E-state index in [0.717, 1.165) is 11.8 Å². The summed E-state index contributed by atoms with van der Waals surface area (Å²) >= 11 is 0. The van der Waals surface area contributed by atoms with Crippen LogP contribution in [0.1, 0.15) is 21.5 Å². The van der Waals surface area contributed by atoms with Gasteiger partial charge in [0.05, 0.1) is 31.8 Å². The highest BCUT2D eigenvalue weighted by atomic mass is 32.2. The highest BCUT2D eigenvalue weighted by Crippen LogP contribution is 2.21. The number of nitrogens with one attached hydrogen (secondary N) is 2. The van der Waals surface area contributed by atoms with Gasteiger partial charge in [0.15, 0.2) is 6.61 Å². The van der Waals surface area contributed by atoms with E-state index >= 15 is 0 Å². The van der Waals surface area contributed by atoms with Crippen LogP contribution in [0.5, 0.6) is 11.5 Å². The molecule has 4 aromatic rings. The molecule has 0 aromatic heterocycles. The van der Waals surface area contributed by atoms with E-state index in [4.69, 9.17) is 9.47 Å². The molecule has 0 radical (unpaired) electrons. The van der Waals surface area contributed by atoms with Crippen LogP contribution in [-0.4, -0.2) is 46.4 Å². The van der Waals surface area contributed by atoms with Crippen molar-refractivity contribution in [2.24, 2.45) is 5.10 Å². The summed E-state index contributed by atoms with van der Waals surface area (Å²) in [5.74, 6) is 0.437. The van der Waals surface area contributed by atoms with Crippen LogP contribution < -0.4 is 24.5 Å². The molecule has 0 aliphatic heterocycles. The van der Waals surface area contributed by atoms with E-state index < -0.39 is 15.9 Å². The van der Waals surface area contributed by atoms with Gasteiger partial charge >= 0.3 is 0 Å². The van der Waals surface area contributed by atoms with Crippen molar-refractivity contribution >= 4 is 39.4 Å². The van der Waals surface area contributed by atoms with Gasteiger partial charge in [-0.05, 0) is 83.9 Å². The number of carbonyl (C=O) groups excluding carboxylic acids is 2. The van der Waals surface area contributed by atoms with E-state index in [-0.39, 0.29) is 19.1 Å². The molecule has 0 atom stereocenters. The largest absolute Gasteiger partial charge is 0.497 e. The van der Waals surface area contributed by atoms with Gasteiger partial charge in [-0.1, -0.05) is 30.3 Å². The molecule has 0 aliphatic carbocycles. The van der Waals surface area contributed by atoms with Gasteiger partial charge in [0, 0.05) is 11.3 Å². The van der Waals surface area contributed by atoms with Gasteiger partial charge in [-0.2, -0.15) is 5.10 Å². The summed E-state index contributed by atoms with van der Waals surface area (Å²) in [5.41, 5.74) is 5.40. The Bertz CT molecular complexity index is 1620. The normalized spacial score (nSPS) is 11.1. The quantitative estimate of drug-likeness (QED) is 0.187. The smallest absolute Gasteiger partial charge is 0.271 e. The first-order valence-electron chi connectivity index (χ1n) is 12.8. The Hall–Kier alpha value is -5.16. The van der Waals surface area contributed by atoms with Crippen LogP contribution in [0, 0.1) is 0 Å². The first-order chi connectivity index (χ1) is 20.2. The Kier molecular flexibility index (Phi) is 9.90. The summed E-state index contributed by atoms with van der Waals surface area (Å²) < 4.78 is 36.7. The van der Waals surface area contributed by atoms with Crippen LogP contribution in [0.4, 0.5) is 11.4 Å². The van der Waals surface area contributed by atoms with E-state index in [9.17, 15) is 18.0 Å². The number of amides is 2. The average molecular weight is 587 g/mol. The summed E-state index contributed by atoms with van der Waals surface area (Å²) in [7, 11) is -1.97. The van der Waals surface area contributed by atoms with Gasteiger partial charge in [0.2, 0.25) is 10.0 Å². The van der Waals surface area contributed by atoms with Crippen molar-refractivity contribution in [2.75, 3.05) is 29.6 Å². The summed E-state index contributed by atoms with van der Waals surface area (Å²) in [6.07, 6.45) is 2.61. The second-order valence-corrected chi connectivity index (χ2v) is 11.0. The zero-order chi connectivity index (χ0) is 30.0. The molecule has 0 saturated heterocycles. The molecule has 0 bridgehead atoms. The third-order valence-corrected chi connectivity index (χ3v) is 7.13. The van der Waals surface area contributed by atoms with Gasteiger partial charge in [-0.3, -0.25) is 13.9 Å². The van der Waals surface area contributed by atoms with Gasteiger partial charge in [0.1, 0.15) is 11.5 Å². The summed E-state index contributed by atoms with van der Waals surface area (Å²) in [4.78, 5) is 24.7. The van der Waals surface area contributed by atoms with Crippen molar-refractivity contribution in [3.8, 4) is 11.5 Å². The maximum Gasteiger partial charge on any atom is 0.271 e. The number of carbonyl (C=O) groups is 2. The number of sulfonamides is 1. The summed E-state index contributed by atoms with van der Waals surface area (Å²) in [6.45, 7) is 0.0126. The van der Waals surface area contributed by atoms with Gasteiger partial charge < -0.3 is 14.8 Å². The SMILES string of the molecule is COc1ccc(NC(=O)COc2ccc(/C=N\NC(=O)c3ccc(N(Cc4ccccc4)S(C)(=O)=O)cc3)cc2)cc1. The van der Waals surface area contributed by atoms with E-state index in [1.54, 1.807) is 79.9 Å². The van der Waals surface area contributed by atoms with E-state index in [0.29, 0.717) is 34.0 Å². The molecule has 10 nitrogen and oxygen atoms in total. The van der Waals surface area contributed by atoms with Crippen LogP contribution in [0.25, 0.3) is 0 Å². The number of ether oxygens (including phenoxy) is 2. The van der Waals surface area contributed by atoms with Crippen LogP contribution in [-0.2, 0) is 21.4 Å². The minimum atomic E-state index is -3.54. The molecule has 42 heavy (non-hydrogen) atoms. The van der Waals surface area contributed by atoms with Crippen LogP contribution >= 0.6 is 0 Å². The number of rotatable bonds is 12. The zero-order valence-corrected chi connectivity index (χ0v) is 23.9. The number of benzene rings is 4. The molecule has 2 N–H and O–H groups in total. The Balaban J connectivity index is 1.27. The van der Waals surface area contributed by atoms with E-state index in [1.165, 1.54) is 10.5 Å². The van der Waals surface area contributed by atoms with Crippen molar-refractivity contribution in [1.82, 2.24) is 5.43 Å². The third kappa shape index (κ3) is 8.67. The Labute approximate surface area is 244 Å². The van der Waals surface area contributed by atoms with E-state index in [2.05, 4.69) is 15.8 Å². The monoisotopic (exact) mass is 586 g/mol. The fourth-order valence-corrected chi connectivity index (χ4v) is 4.72. The summed E-state index contributed by atoms with van der Waals surface area (Å²) in [6, 6.07) is 29.3. The number of hydrogen-bond acceptors (Lipinski definition) is 7. The first kappa shape index (κ1) is 29.8. The molecule has 0 saturated carbocycles. The third-order valence-electron chi connectivity index (χ3n) is 5.99. The molecule has 0 fully saturated rings. The van der Waals surface area contributed by atoms with Crippen molar-refractivity contribution in [3.05, 3.63) is 120 Å². The number of hydrogen-bond donors (Lipinski definition) is 2. The number of methoxy groups -OCH3 is 1. The molecule has 0 unspecified atom stereocenters. The van der Waals surface area contributed by atoms with Crippen molar-refractivity contribution < 1.29 is 27.5 Å². The molecule has 4 aromatic carbocycles. The molecule has 4 rings (SSSR count). The maximum atomic E-state index is 12.5. The Morgan fingerprint density at radius 3 is 2.12 bits per heavy atom. The lowest BCUT2D eigenvalue weighted by molar-refractivity contribution is -0.118. The second kappa shape index (κ2) is 14.0. The topological polar surface area (TPSA) is 126 Å². The number of nitrogens with zero attached hydrogens (tertiary/aromatic N) is 2. The maximum absolute atomic E-state index is 12.5. The highest BCUT2D eigenvalue weighted by Gasteiger charge is 2.18. The van der Waals surface area contributed by atoms with Crippen molar-refractivity contribution in [1.29, 1.82) is 0 Å². The van der Waals surface area contributed by atoms with Crippen molar-refractivity contribution in [2.45, 2.75) is 6.54 Å². The minimum absolute atomic E-state index is 0.164. The highest BCUT2D eigenvalue weighted by molar-refractivity contribution is 7.92. The minimum Gasteiger partial charge on any atom is -0.497 e. The Morgan fingerprint density at radius 1 is 0.857 bits per heavy atom. The predicted octanol–water partition coefficient (Wildman–Crippen LogP) is 4.44. The average Bonchev–Trinajstić information content (AvgIpc) is 3.00. The fourth-order valence-electron chi connectivity index (χ4n) is 3.83. The number of hydrazone groups is 1. The number of anilines is 2. The fraction of sp³-hybridized carbons (Fsp3) is 0.129. The molecule has 0 aliphatic rings. The second-order valence-electron chi connectivity index (χ2n) is 9.14. The standard InChI is InChI=1S/C31H30N4O6S/c1-40-28-18-12-26(13-19-28)33-30(36)22-41-29-16-8-23(9-17-29)20-32-34-31(37)25-10-14-27(15-11-25)35(42(2,38)39)21-24-6-4-3-5-7-24/h3-20H,21-22H2,1-2H3,(H,33,36)(H,34,37)/b32-20-. The molecule has 0 spiro atoms. The van der Waals surface area contributed by atoms with Crippen LogP contribution in [0.15, 0.2) is 108 Å². The lowest BCUT2D eigenvalue weighted by atomic mass is 10.2. The molecule has 0 heterocycles. The van der Waals surface area contributed by atoms with E-state index in [1.807, 2.05) is 30.3 Å². The molecular weight excluding hydrogens is 556 g/mol. The van der Waals surface area contributed by atoms with Crippen molar-refractivity contribution in [3.63, 3.8) is 0 Å². The molecular formula is C31H30N4O6S. The van der Waals surface area contributed by atoms with Crippen LogP contribution in [0.3, 0.4) is 0 Å². The zero-order valence-electron chi connectivity index (χ0n) is 23.1. The summed E-state index contributed by atoms with van der Waals surface area (Å²) in [5, 5.41) is 6.73. The van der Waals surface area contributed by atoms with Gasteiger partial charge in [0.25, 0.3) is 11.8 Å². The lowest BCUT2D eigenvalue weighted by Crippen LogP contribution is -2.29.